The third-order valence-corrected chi connectivity index (χ3v) is 3.79. The smallest absolute Gasteiger partial charge is 0.326 e. The first-order valence-electron chi connectivity index (χ1n) is 7.47. The molecule has 1 heterocycles. The summed E-state index contributed by atoms with van der Waals surface area (Å²) in [5.74, 6) is -1.29. The van der Waals surface area contributed by atoms with Crippen LogP contribution in [-0.4, -0.2) is 65.0 Å². The Morgan fingerprint density at radius 1 is 1.33 bits per heavy atom. The van der Waals surface area contributed by atoms with Crippen molar-refractivity contribution in [3.8, 4) is 0 Å². The number of hydrogen-bond acceptors (Lipinski definition) is 3. The Bertz CT molecular complexity index is 400. The SMILES string of the molecule is CCNC(=O)CN(CC)C(=O)N1CCCC(C)C1C(=O)O. The third-order valence-electron chi connectivity index (χ3n) is 3.79. The first-order chi connectivity index (χ1) is 9.92. The second-order valence-corrected chi connectivity index (χ2v) is 5.35. The van der Waals surface area contributed by atoms with Crippen molar-refractivity contribution in [1.29, 1.82) is 0 Å². The van der Waals surface area contributed by atoms with Gasteiger partial charge in [-0.15, -0.1) is 0 Å². The Morgan fingerprint density at radius 2 is 2.00 bits per heavy atom. The van der Waals surface area contributed by atoms with E-state index in [4.69, 9.17) is 0 Å². The van der Waals surface area contributed by atoms with E-state index in [0.29, 0.717) is 19.6 Å². The molecule has 0 radical (unpaired) electrons. The molecule has 1 aliphatic rings. The molecular weight excluding hydrogens is 274 g/mol. The van der Waals surface area contributed by atoms with Gasteiger partial charge in [-0.1, -0.05) is 6.92 Å². The van der Waals surface area contributed by atoms with E-state index in [9.17, 15) is 19.5 Å². The van der Waals surface area contributed by atoms with Crippen molar-refractivity contribution in [3.63, 3.8) is 0 Å². The summed E-state index contributed by atoms with van der Waals surface area (Å²) in [6, 6.07) is -1.18. The van der Waals surface area contributed by atoms with E-state index in [2.05, 4.69) is 5.32 Å². The lowest BCUT2D eigenvalue weighted by atomic mass is 9.91. The number of carboxylic acids is 1. The molecule has 0 spiro atoms. The van der Waals surface area contributed by atoms with Crippen LogP contribution in [0.15, 0.2) is 0 Å². The Kier molecular flexibility index (Phi) is 6.45. The van der Waals surface area contributed by atoms with Crippen LogP contribution in [0.1, 0.15) is 33.6 Å². The maximum Gasteiger partial charge on any atom is 0.326 e. The molecule has 120 valence electrons. The number of carboxylic acid groups (broad SMARTS) is 1. The number of likely N-dealkylation sites (tertiary alicyclic amines) is 1. The van der Waals surface area contributed by atoms with Gasteiger partial charge < -0.3 is 20.2 Å². The van der Waals surface area contributed by atoms with Gasteiger partial charge >= 0.3 is 12.0 Å². The lowest BCUT2D eigenvalue weighted by molar-refractivity contribution is -0.145. The lowest BCUT2D eigenvalue weighted by Gasteiger charge is -2.39. The highest BCUT2D eigenvalue weighted by atomic mass is 16.4. The van der Waals surface area contributed by atoms with Gasteiger partial charge in [0, 0.05) is 19.6 Å². The number of piperidine rings is 1. The zero-order valence-corrected chi connectivity index (χ0v) is 13.0. The standard InChI is InChI=1S/C14H25N3O4/c1-4-15-11(18)9-16(5-2)14(21)17-8-6-7-10(3)12(17)13(19)20/h10,12H,4-9H2,1-3H3,(H,15,18)(H,19,20). The summed E-state index contributed by atoms with van der Waals surface area (Å²) in [7, 11) is 0. The number of rotatable bonds is 5. The second kappa shape index (κ2) is 7.85. The summed E-state index contributed by atoms with van der Waals surface area (Å²) in [4.78, 5) is 38.4. The molecule has 2 N–H and O–H groups in total. The van der Waals surface area contributed by atoms with Crippen LogP contribution in [0.5, 0.6) is 0 Å². The van der Waals surface area contributed by atoms with Gasteiger partial charge in [-0.25, -0.2) is 9.59 Å². The van der Waals surface area contributed by atoms with Crippen molar-refractivity contribution < 1.29 is 19.5 Å². The highest BCUT2D eigenvalue weighted by Gasteiger charge is 2.38. The van der Waals surface area contributed by atoms with Crippen LogP contribution in [-0.2, 0) is 9.59 Å². The van der Waals surface area contributed by atoms with Crippen molar-refractivity contribution in [2.45, 2.75) is 39.7 Å². The average molecular weight is 299 g/mol. The number of amides is 3. The Hall–Kier alpha value is -1.79. The number of urea groups is 1. The maximum absolute atomic E-state index is 12.5. The van der Waals surface area contributed by atoms with E-state index in [1.54, 1.807) is 6.92 Å². The van der Waals surface area contributed by atoms with Gasteiger partial charge in [-0.05, 0) is 32.6 Å². The largest absolute Gasteiger partial charge is 0.480 e. The summed E-state index contributed by atoms with van der Waals surface area (Å²) in [5.41, 5.74) is 0. The van der Waals surface area contributed by atoms with Crippen LogP contribution in [0.2, 0.25) is 0 Å². The molecule has 7 nitrogen and oxygen atoms in total. The minimum Gasteiger partial charge on any atom is -0.480 e. The predicted octanol–water partition coefficient (Wildman–Crippen LogP) is 0.750. The van der Waals surface area contributed by atoms with Crippen molar-refractivity contribution in [3.05, 3.63) is 0 Å². The number of carbonyl (C=O) groups excluding carboxylic acids is 2. The van der Waals surface area contributed by atoms with Gasteiger partial charge in [0.1, 0.15) is 12.6 Å². The van der Waals surface area contributed by atoms with E-state index < -0.39 is 12.0 Å². The highest BCUT2D eigenvalue weighted by Crippen LogP contribution is 2.24. The normalized spacial score (nSPS) is 21.8. The summed E-state index contributed by atoms with van der Waals surface area (Å²) in [5, 5.41) is 12.0. The van der Waals surface area contributed by atoms with Gasteiger partial charge in [0.2, 0.25) is 5.91 Å². The third kappa shape index (κ3) is 4.34. The summed E-state index contributed by atoms with van der Waals surface area (Å²) < 4.78 is 0. The molecule has 0 aromatic carbocycles. The zero-order chi connectivity index (χ0) is 16.0. The van der Waals surface area contributed by atoms with Gasteiger partial charge in [0.15, 0.2) is 0 Å². The molecule has 3 amide bonds. The van der Waals surface area contributed by atoms with Crippen LogP contribution in [0.4, 0.5) is 4.79 Å². The fraction of sp³-hybridized carbons (Fsp3) is 0.786. The molecule has 0 bridgehead atoms. The molecule has 2 unspecified atom stereocenters. The Labute approximate surface area is 125 Å². The molecule has 1 rings (SSSR count). The first-order valence-corrected chi connectivity index (χ1v) is 7.47. The van der Waals surface area contributed by atoms with Crippen molar-refractivity contribution in [2.24, 2.45) is 5.92 Å². The molecule has 1 saturated heterocycles. The number of likely N-dealkylation sites (N-methyl/N-ethyl adjacent to an activating group) is 2. The quantitative estimate of drug-likeness (QED) is 0.784. The summed E-state index contributed by atoms with van der Waals surface area (Å²) in [6.45, 7) is 6.68. The predicted molar refractivity (Wildman–Crippen MR) is 77.9 cm³/mol. The number of aliphatic carboxylic acids is 1. The molecule has 1 aliphatic heterocycles. The van der Waals surface area contributed by atoms with E-state index >= 15 is 0 Å². The van der Waals surface area contributed by atoms with E-state index in [1.807, 2.05) is 13.8 Å². The molecule has 0 aliphatic carbocycles. The molecule has 7 heteroatoms. The van der Waals surface area contributed by atoms with Crippen LogP contribution in [0, 0.1) is 5.92 Å². The van der Waals surface area contributed by atoms with E-state index in [1.165, 1.54) is 9.80 Å². The molecule has 21 heavy (non-hydrogen) atoms. The molecule has 0 aromatic heterocycles. The van der Waals surface area contributed by atoms with Gasteiger partial charge in [-0.3, -0.25) is 4.79 Å². The summed E-state index contributed by atoms with van der Waals surface area (Å²) in [6.07, 6.45) is 1.58. The molecule has 0 saturated carbocycles. The number of hydrogen-bond donors (Lipinski definition) is 2. The fourth-order valence-corrected chi connectivity index (χ4v) is 2.70. The number of nitrogens with one attached hydrogen (secondary N) is 1. The van der Waals surface area contributed by atoms with E-state index in [0.717, 1.165) is 12.8 Å². The molecule has 1 fully saturated rings. The van der Waals surface area contributed by atoms with Gasteiger partial charge in [0.05, 0.1) is 0 Å². The first kappa shape index (κ1) is 17.3. The fourth-order valence-electron chi connectivity index (χ4n) is 2.70. The van der Waals surface area contributed by atoms with Crippen molar-refractivity contribution in [2.75, 3.05) is 26.2 Å². The minimum absolute atomic E-state index is 0.0413. The van der Waals surface area contributed by atoms with Crippen LogP contribution >= 0.6 is 0 Å². The average Bonchev–Trinajstić information content (AvgIpc) is 2.43. The maximum atomic E-state index is 12.5. The van der Waals surface area contributed by atoms with Gasteiger partial charge in [0.25, 0.3) is 0 Å². The van der Waals surface area contributed by atoms with Crippen LogP contribution in [0.3, 0.4) is 0 Å². The monoisotopic (exact) mass is 299 g/mol. The summed E-state index contributed by atoms with van der Waals surface area (Å²) >= 11 is 0. The molecule has 2 atom stereocenters. The van der Waals surface area contributed by atoms with E-state index in [-0.39, 0.29) is 24.4 Å². The van der Waals surface area contributed by atoms with Crippen molar-refractivity contribution in [1.82, 2.24) is 15.1 Å². The van der Waals surface area contributed by atoms with Crippen molar-refractivity contribution >= 4 is 17.9 Å². The second-order valence-electron chi connectivity index (χ2n) is 5.35. The van der Waals surface area contributed by atoms with Crippen LogP contribution in [0.25, 0.3) is 0 Å². The van der Waals surface area contributed by atoms with Crippen LogP contribution < -0.4 is 5.32 Å². The topological polar surface area (TPSA) is 90.0 Å². The lowest BCUT2D eigenvalue weighted by Crippen LogP contribution is -2.57. The number of carbonyl (C=O) groups is 3. The molecule has 0 aromatic rings. The minimum atomic E-state index is -0.982. The molecular formula is C14H25N3O4. The Morgan fingerprint density at radius 3 is 2.52 bits per heavy atom. The zero-order valence-electron chi connectivity index (χ0n) is 13.0. The van der Waals surface area contributed by atoms with Gasteiger partial charge in [-0.2, -0.15) is 0 Å². The highest BCUT2D eigenvalue weighted by molar-refractivity contribution is 5.87. The Balaban J connectivity index is 2.81. The number of nitrogens with zero attached hydrogens (tertiary/aromatic N) is 2.